The first-order chi connectivity index (χ1) is 26.3. The van der Waals surface area contributed by atoms with Crippen molar-refractivity contribution >= 4 is 87.4 Å². The topological polar surface area (TPSA) is 286 Å². The molecule has 18 nitrogen and oxygen atoms in total. The number of carbonyl (C=O) groups excluding carboxylic acids is 1. The molecular formula is C35H25N6Na3O12S3. The normalized spacial score (nSPS) is 12.9. The second-order valence-electron chi connectivity index (χ2n) is 11.8. The van der Waals surface area contributed by atoms with E-state index in [4.69, 9.17) is 4.74 Å². The number of ether oxygens (including phenoxy) is 1. The molecule has 288 valence electrons. The fourth-order valence-electron chi connectivity index (χ4n) is 5.49. The number of Topliss-reactive ketones (excluding diaryl/α,β-unsaturated/α-hetero) is 1. The van der Waals surface area contributed by atoms with E-state index in [9.17, 15) is 48.8 Å². The number of azo groups is 1. The van der Waals surface area contributed by atoms with Crippen molar-refractivity contribution < 1.29 is 142 Å². The predicted molar refractivity (Wildman–Crippen MR) is 197 cm³/mol. The van der Waals surface area contributed by atoms with Crippen LogP contribution in [0.5, 0.6) is 5.75 Å². The van der Waals surface area contributed by atoms with Gasteiger partial charge >= 0.3 is 88.7 Å². The van der Waals surface area contributed by atoms with Crippen LogP contribution in [0.3, 0.4) is 0 Å². The number of aromatic nitrogens is 3. The number of aliphatic imine (C=N–C) groups is 1. The van der Waals surface area contributed by atoms with E-state index in [1.165, 1.54) is 37.4 Å². The summed E-state index contributed by atoms with van der Waals surface area (Å²) in [6.45, 7) is 1.07. The summed E-state index contributed by atoms with van der Waals surface area (Å²) in [5.74, 6) is -1.48. The zero-order chi connectivity index (χ0) is 40.6. The molecule has 0 aliphatic rings. The van der Waals surface area contributed by atoms with E-state index in [0.29, 0.717) is 5.39 Å². The van der Waals surface area contributed by atoms with E-state index in [1.54, 1.807) is 36.4 Å². The maximum atomic E-state index is 12.8. The Hall–Kier alpha value is -3.23. The Balaban J connectivity index is 0.00000310. The number of methoxy groups -OCH3 is 1. The Morgan fingerprint density at radius 2 is 1.36 bits per heavy atom. The fraction of sp³-hybridized carbons (Fsp3) is 0.0857. The zero-order valence-electron chi connectivity index (χ0n) is 31.7. The van der Waals surface area contributed by atoms with Crippen molar-refractivity contribution in [3.05, 3.63) is 102 Å². The Kier molecular flexibility index (Phi) is 17.1. The van der Waals surface area contributed by atoms with E-state index >= 15 is 0 Å². The number of benzene rings is 5. The third-order valence-corrected chi connectivity index (χ3v) is 10.7. The van der Waals surface area contributed by atoms with Crippen molar-refractivity contribution in [2.45, 2.75) is 27.7 Å². The second-order valence-corrected chi connectivity index (χ2v) is 15.9. The number of para-hydroxylation sites is 2. The molecule has 24 heteroatoms. The van der Waals surface area contributed by atoms with E-state index < -0.39 is 62.8 Å². The average molecular weight is 887 g/mol. The van der Waals surface area contributed by atoms with Crippen LogP contribution in [0.15, 0.2) is 121 Å². The first-order valence-electron chi connectivity index (χ1n) is 15.8. The largest absolute Gasteiger partial charge is 1.00 e. The fourth-order valence-corrected chi connectivity index (χ4v) is 7.59. The van der Waals surface area contributed by atoms with Crippen LogP contribution in [0, 0.1) is 0 Å². The van der Waals surface area contributed by atoms with Gasteiger partial charge in [0, 0.05) is 10.8 Å². The predicted octanol–water partition coefficient (Wildman–Crippen LogP) is -5.05. The van der Waals surface area contributed by atoms with Gasteiger partial charge in [0.2, 0.25) is 0 Å². The van der Waals surface area contributed by atoms with Crippen LogP contribution in [0.4, 0.5) is 11.4 Å². The van der Waals surface area contributed by atoms with Crippen LogP contribution < -0.4 is 98.5 Å². The van der Waals surface area contributed by atoms with Gasteiger partial charge in [-0.1, -0.05) is 60.7 Å². The van der Waals surface area contributed by atoms with Crippen molar-refractivity contribution in [2.75, 3.05) is 7.11 Å². The molecule has 0 bridgehead atoms. The minimum absolute atomic E-state index is 0. The van der Waals surface area contributed by atoms with Gasteiger partial charge in [-0.2, -0.15) is 23.4 Å². The van der Waals surface area contributed by atoms with Gasteiger partial charge < -0.3 is 18.9 Å². The quantitative estimate of drug-likeness (QED) is 0.0301. The summed E-state index contributed by atoms with van der Waals surface area (Å²) in [5.41, 5.74) is -0.409. The van der Waals surface area contributed by atoms with Crippen LogP contribution in [-0.2, 0) is 35.1 Å². The Bertz CT molecular complexity index is 3020. The molecule has 0 saturated carbocycles. The van der Waals surface area contributed by atoms with Gasteiger partial charge in [-0.15, -0.1) is 10.2 Å². The number of carbonyl (C=O) groups is 1. The molecule has 5 aromatic carbocycles. The van der Waals surface area contributed by atoms with Crippen molar-refractivity contribution in [3.63, 3.8) is 0 Å². The van der Waals surface area contributed by atoms with Crippen LogP contribution in [-0.4, -0.2) is 78.7 Å². The Labute approximate surface area is 403 Å². The third kappa shape index (κ3) is 11.6. The van der Waals surface area contributed by atoms with E-state index in [1.807, 2.05) is 0 Å². The molecule has 1 N–H and O–H groups in total. The maximum absolute atomic E-state index is 12.8. The molecule has 0 saturated heterocycles. The van der Waals surface area contributed by atoms with Crippen molar-refractivity contribution in [1.82, 2.24) is 15.0 Å². The van der Waals surface area contributed by atoms with Crippen LogP contribution in [0.1, 0.15) is 18.1 Å². The summed E-state index contributed by atoms with van der Waals surface area (Å²) < 4.78 is 113. The minimum Gasteiger partial charge on any atom is -0.860 e. The van der Waals surface area contributed by atoms with E-state index in [2.05, 4.69) is 25.4 Å². The zero-order valence-corrected chi connectivity index (χ0v) is 40.2. The third-order valence-electron chi connectivity index (χ3n) is 8.06. The SMILES string of the molecule is COc1ccccc1N=C([O-])C(N=Nc1ccc(C=Cc2ccc(-n3nc4cc(S(=O)(=O)O)c5ccccc5c4n3)cc2S(=O)(=O)[O-])c(S(=O)(=O)[O-])c1)C(C)=O.[Na+].[Na+].[Na+]. The summed E-state index contributed by atoms with van der Waals surface area (Å²) in [4.78, 5) is 15.0. The molecule has 0 radical (unpaired) electrons. The molecule has 1 aromatic heterocycles. The van der Waals surface area contributed by atoms with Gasteiger partial charge in [0.25, 0.3) is 10.1 Å². The second kappa shape index (κ2) is 20.1. The smallest absolute Gasteiger partial charge is 0.860 e. The maximum Gasteiger partial charge on any atom is 1.00 e. The van der Waals surface area contributed by atoms with E-state index in [0.717, 1.165) is 48.1 Å². The van der Waals surface area contributed by atoms with Crippen LogP contribution in [0.25, 0.3) is 39.6 Å². The molecule has 1 unspecified atom stereocenters. The molecule has 0 aliphatic heterocycles. The Morgan fingerprint density at radius 3 is 1.95 bits per heavy atom. The van der Waals surface area contributed by atoms with Crippen molar-refractivity contribution in [2.24, 2.45) is 15.2 Å². The van der Waals surface area contributed by atoms with Crippen LogP contribution in [0.2, 0.25) is 0 Å². The van der Waals surface area contributed by atoms with Crippen LogP contribution >= 0.6 is 0 Å². The van der Waals surface area contributed by atoms with Gasteiger partial charge in [0.05, 0.1) is 28.3 Å². The first kappa shape index (κ1) is 50.1. The Morgan fingerprint density at radius 1 is 0.780 bits per heavy atom. The first-order valence-corrected chi connectivity index (χ1v) is 20.1. The monoisotopic (exact) mass is 886 g/mol. The molecule has 0 fully saturated rings. The number of hydrogen-bond acceptors (Lipinski definition) is 16. The number of hydrogen-bond donors (Lipinski definition) is 1. The number of nitrogens with zero attached hydrogens (tertiary/aromatic N) is 6. The molecular weight excluding hydrogens is 862 g/mol. The molecule has 0 amide bonds. The van der Waals surface area contributed by atoms with Gasteiger partial charge in [-0.3, -0.25) is 14.3 Å². The number of fused-ring (bicyclic) bond motifs is 3. The molecule has 1 heterocycles. The summed E-state index contributed by atoms with van der Waals surface area (Å²) >= 11 is 0. The standard InChI is InChI=1S/C35H28N6O12S3.3Na/c1-20(42)33(35(43)36-27-9-5-6-10-29(27)53-2)38-37-23-15-13-21(30(17-23)54(44,45)46)11-12-22-14-16-24(18-31(22)55(47,48)49)41-39-28-19-32(56(50,51)52)25-7-3-4-8-26(25)34(28)40-41;;;/h3-19,33H,1-2H3,(H,36,43)(H,44,45,46)(H,47,48,49)(H,50,51,52);;;/q;3*+1/p-3. The molecule has 59 heavy (non-hydrogen) atoms. The van der Waals surface area contributed by atoms with Gasteiger partial charge in [-0.05, 0) is 66.4 Å². The van der Waals surface area contributed by atoms with Crippen molar-refractivity contribution in [3.8, 4) is 11.4 Å². The summed E-state index contributed by atoms with van der Waals surface area (Å²) in [7, 11) is -13.8. The summed E-state index contributed by atoms with van der Waals surface area (Å²) in [5, 5.41) is 29.4. The summed E-state index contributed by atoms with van der Waals surface area (Å²) in [6.07, 6.45) is 2.13. The van der Waals surface area contributed by atoms with Gasteiger partial charge in [0.15, 0.2) is 11.8 Å². The van der Waals surface area contributed by atoms with Gasteiger partial charge in [0.1, 0.15) is 47.6 Å². The molecule has 0 spiro atoms. The number of ketones is 1. The average Bonchev–Trinajstić information content (AvgIpc) is 3.58. The van der Waals surface area contributed by atoms with E-state index in [-0.39, 0.29) is 139 Å². The van der Waals surface area contributed by atoms with Gasteiger partial charge in [-0.25, -0.2) is 16.8 Å². The molecule has 1 atom stereocenters. The van der Waals surface area contributed by atoms with Crippen molar-refractivity contribution in [1.29, 1.82) is 0 Å². The summed E-state index contributed by atoms with van der Waals surface area (Å²) in [6, 6.07) is 18.4. The minimum atomic E-state index is -5.22. The number of rotatable bonds is 12. The molecule has 0 aliphatic carbocycles. The molecule has 6 aromatic rings. The molecule has 6 rings (SSSR count).